The van der Waals surface area contributed by atoms with Crippen LogP contribution in [0.4, 0.5) is 0 Å². The molecular formula is C8H8N4. The first-order valence-electron chi connectivity index (χ1n) is 4.03. The molecule has 1 aromatic rings. The summed E-state index contributed by atoms with van der Waals surface area (Å²) in [5, 5.41) is 6.91. The summed E-state index contributed by atoms with van der Waals surface area (Å²) in [5.74, 6) is 0.434. The zero-order valence-corrected chi connectivity index (χ0v) is 6.44. The van der Waals surface area contributed by atoms with Gasteiger partial charge in [-0.1, -0.05) is 0 Å². The molecule has 2 atom stereocenters. The standard InChI is InChI=1S/C8H8N4/c1-2-9-8-5(1)6-3-11-12-7(6)4-10-8/h2-5,8H,1H2,(H,11,12). The third-order valence-electron chi connectivity index (χ3n) is 2.43. The smallest absolute Gasteiger partial charge is 0.146 e. The maximum absolute atomic E-state index is 4.31. The fraction of sp³-hybridized carbons (Fsp3) is 0.375. The Morgan fingerprint density at radius 2 is 2.42 bits per heavy atom. The Hall–Kier alpha value is -1.45. The maximum atomic E-state index is 4.31. The molecule has 0 amide bonds. The van der Waals surface area contributed by atoms with Gasteiger partial charge in [-0.15, -0.1) is 0 Å². The average molecular weight is 160 g/mol. The van der Waals surface area contributed by atoms with Gasteiger partial charge in [0.15, 0.2) is 0 Å². The Bertz CT molecular complexity index is 363. The van der Waals surface area contributed by atoms with Gasteiger partial charge in [0.05, 0.1) is 11.9 Å². The molecule has 0 aromatic carbocycles. The lowest BCUT2D eigenvalue weighted by Gasteiger charge is -2.17. The quantitative estimate of drug-likeness (QED) is 0.597. The van der Waals surface area contributed by atoms with Gasteiger partial charge in [0.1, 0.15) is 6.17 Å². The Kier molecular flexibility index (Phi) is 1.03. The minimum Gasteiger partial charge on any atom is -0.277 e. The summed E-state index contributed by atoms with van der Waals surface area (Å²) in [6, 6.07) is 0. The van der Waals surface area contributed by atoms with Crippen LogP contribution in [0.5, 0.6) is 0 Å². The van der Waals surface area contributed by atoms with E-state index < -0.39 is 0 Å². The highest BCUT2D eigenvalue weighted by Gasteiger charge is 2.30. The zero-order valence-electron chi connectivity index (χ0n) is 6.44. The monoisotopic (exact) mass is 160 g/mol. The number of H-pyrrole nitrogens is 1. The average Bonchev–Trinajstić information content (AvgIpc) is 2.71. The molecule has 4 heteroatoms. The van der Waals surface area contributed by atoms with Gasteiger partial charge in [0.25, 0.3) is 0 Å². The van der Waals surface area contributed by atoms with E-state index in [1.165, 1.54) is 5.56 Å². The molecule has 0 fully saturated rings. The van der Waals surface area contributed by atoms with Gasteiger partial charge in [-0.25, -0.2) is 0 Å². The van der Waals surface area contributed by atoms with Crippen molar-refractivity contribution < 1.29 is 0 Å². The van der Waals surface area contributed by atoms with Crippen LogP contribution in [0.3, 0.4) is 0 Å². The molecule has 12 heavy (non-hydrogen) atoms. The minimum absolute atomic E-state index is 0.120. The van der Waals surface area contributed by atoms with E-state index in [0.29, 0.717) is 5.92 Å². The molecule has 0 spiro atoms. The lowest BCUT2D eigenvalue weighted by Crippen LogP contribution is -2.15. The Balaban J connectivity index is 2.15. The van der Waals surface area contributed by atoms with Crippen LogP contribution in [0.15, 0.2) is 16.2 Å². The normalized spacial score (nSPS) is 30.3. The first-order valence-corrected chi connectivity index (χ1v) is 4.03. The predicted molar refractivity (Wildman–Crippen MR) is 45.8 cm³/mol. The highest BCUT2D eigenvalue weighted by molar-refractivity contribution is 5.82. The van der Waals surface area contributed by atoms with Crippen molar-refractivity contribution in [3.8, 4) is 0 Å². The van der Waals surface area contributed by atoms with Crippen LogP contribution in [0, 0.1) is 0 Å². The van der Waals surface area contributed by atoms with Crippen LogP contribution in [0.2, 0.25) is 0 Å². The molecule has 3 heterocycles. The second-order valence-corrected chi connectivity index (χ2v) is 3.10. The van der Waals surface area contributed by atoms with Gasteiger partial charge in [-0.05, 0) is 6.42 Å². The number of nitrogens with zero attached hydrogens (tertiary/aromatic N) is 3. The number of rotatable bonds is 0. The van der Waals surface area contributed by atoms with E-state index in [1.807, 2.05) is 18.6 Å². The van der Waals surface area contributed by atoms with Gasteiger partial charge < -0.3 is 0 Å². The summed E-state index contributed by atoms with van der Waals surface area (Å²) < 4.78 is 0. The molecule has 0 saturated carbocycles. The molecule has 0 bridgehead atoms. The molecule has 4 nitrogen and oxygen atoms in total. The molecular weight excluding hydrogens is 152 g/mol. The van der Waals surface area contributed by atoms with Crippen molar-refractivity contribution in [2.45, 2.75) is 18.5 Å². The number of aromatic nitrogens is 2. The molecule has 2 aliphatic heterocycles. The van der Waals surface area contributed by atoms with E-state index in [4.69, 9.17) is 0 Å². The molecule has 60 valence electrons. The minimum atomic E-state index is 0.120. The van der Waals surface area contributed by atoms with E-state index in [1.54, 1.807) is 0 Å². The van der Waals surface area contributed by atoms with Crippen LogP contribution in [0.1, 0.15) is 23.6 Å². The van der Waals surface area contributed by atoms with Crippen LogP contribution in [-0.4, -0.2) is 28.8 Å². The third-order valence-corrected chi connectivity index (χ3v) is 2.43. The van der Waals surface area contributed by atoms with E-state index >= 15 is 0 Å². The van der Waals surface area contributed by atoms with Crippen molar-refractivity contribution in [3.63, 3.8) is 0 Å². The van der Waals surface area contributed by atoms with Gasteiger partial charge in [-0.2, -0.15) is 5.10 Å². The van der Waals surface area contributed by atoms with E-state index in [0.717, 1.165) is 12.1 Å². The van der Waals surface area contributed by atoms with Gasteiger partial charge in [-0.3, -0.25) is 15.1 Å². The molecule has 0 radical (unpaired) electrons. The molecule has 1 aromatic heterocycles. The second-order valence-electron chi connectivity index (χ2n) is 3.10. The van der Waals surface area contributed by atoms with E-state index in [-0.39, 0.29) is 6.17 Å². The fourth-order valence-corrected chi connectivity index (χ4v) is 1.79. The number of aromatic amines is 1. The van der Waals surface area contributed by atoms with Crippen molar-refractivity contribution in [1.82, 2.24) is 10.2 Å². The zero-order chi connectivity index (χ0) is 7.97. The Labute approximate surface area is 69.4 Å². The van der Waals surface area contributed by atoms with Gasteiger partial charge in [0.2, 0.25) is 0 Å². The van der Waals surface area contributed by atoms with Crippen LogP contribution >= 0.6 is 0 Å². The fourth-order valence-electron chi connectivity index (χ4n) is 1.79. The predicted octanol–water partition coefficient (Wildman–Crippen LogP) is 0.726. The molecule has 1 N–H and O–H groups in total. The van der Waals surface area contributed by atoms with Crippen LogP contribution < -0.4 is 0 Å². The SMILES string of the molecule is C1=NC2N=Cc3[nH]ncc3C2C1. The van der Waals surface area contributed by atoms with Crippen molar-refractivity contribution in [3.05, 3.63) is 17.5 Å². The Morgan fingerprint density at radius 3 is 3.42 bits per heavy atom. The van der Waals surface area contributed by atoms with Crippen molar-refractivity contribution in [2.75, 3.05) is 0 Å². The first-order chi connectivity index (χ1) is 5.95. The summed E-state index contributed by atoms with van der Waals surface area (Å²) in [6.45, 7) is 0. The largest absolute Gasteiger partial charge is 0.277 e. The van der Waals surface area contributed by atoms with Crippen molar-refractivity contribution in [1.29, 1.82) is 0 Å². The first kappa shape index (κ1) is 6.11. The molecule has 2 aliphatic rings. The summed E-state index contributed by atoms with van der Waals surface area (Å²) in [4.78, 5) is 8.58. The van der Waals surface area contributed by atoms with Crippen LogP contribution in [-0.2, 0) is 0 Å². The van der Waals surface area contributed by atoms with Gasteiger partial charge in [0, 0.05) is 23.9 Å². The molecule has 2 unspecified atom stereocenters. The summed E-state index contributed by atoms with van der Waals surface area (Å²) in [6.07, 6.45) is 6.78. The van der Waals surface area contributed by atoms with Crippen molar-refractivity contribution in [2.24, 2.45) is 9.98 Å². The summed E-state index contributed by atoms with van der Waals surface area (Å²) in [5.41, 5.74) is 2.30. The highest BCUT2D eigenvalue weighted by atomic mass is 15.1. The van der Waals surface area contributed by atoms with E-state index in [9.17, 15) is 0 Å². The van der Waals surface area contributed by atoms with Crippen molar-refractivity contribution >= 4 is 12.4 Å². The lowest BCUT2D eigenvalue weighted by molar-refractivity contribution is 0.600. The van der Waals surface area contributed by atoms with Gasteiger partial charge >= 0.3 is 0 Å². The number of nitrogens with one attached hydrogen (secondary N) is 1. The number of hydrogen-bond donors (Lipinski definition) is 1. The highest BCUT2D eigenvalue weighted by Crippen LogP contribution is 2.33. The number of hydrogen-bond acceptors (Lipinski definition) is 3. The third kappa shape index (κ3) is 0.642. The summed E-state index contributed by atoms with van der Waals surface area (Å²) in [7, 11) is 0. The Morgan fingerprint density at radius 1 is 1.42 bits per heavy atom. The summed E-state index contributed by atoms with van der Waals surface area (Å²) >= 11 is 0. The molecule has 0 aliphatic carbocycles. The molecule has 0 saturated heterocycles. The number of fused-ring (bicyclic) bond motifs is 3. The lowest BCUT2D eigenvalue weighted by atomic mass is 9.94. The maximum Gasteiger partial charge on any atom is 0.146 e. The molecule has 3 rings (SSSR count). The topological polar surface area (TPSA) is 53.4 Å². The van der Waals surface area contributed by atoms with Crippen LogP contribution in [0.25, 0.3) is 0 Å². The van der Waals surface area contributed by atoms with E-state index in [2.05, 4.69) is 20.2 Å². The second kappa shape index (κ2) is 2.03. The number of aliphatic imine (C=N–C) groups is 2.